The number of halogens is 1. The number of likely N-dealkylation sites (N-methyl/N-ethyl adjacent to an activating group) is 1. The van der Waals surface area contributed by atoms with E-state index >= 15 is 0 Å². The van der Waals surface area contributed by atoms with Crippen LogP contribution in [0.25, 0.3) is 0 Å². The lowest BCUT2D eigenvalue weighted by atomic mass is 10.2. The fourth-order valence-corrected chi connectivity index (χ4v) is 2.05. The van der Waals surface area contributed by atoms with E-state index in [4.69, 9.17) is 4.74 Å². The molecule has 114 valence electrons. The number of ether oxygens (including phenoxy) is 1. The highest BCUT2D eigenvalue weighted by molar-refractivity contribution is 14.1. The van der Waals surface area contributed by atoms with Crippen molar-refractivity contribution >= 4 is 40.4 Å². The maximum absolute atomic E-state index is 11.7. The summed E-state index contributed by atoms with van der Waals surface area (Å²) in [6, 6.07) is 6.18. The first-order valence-corrected chi connectivity index (χ1v) is 7.51. The molecular weight excluding hydrogens is 387 g/mol. The van der Waals surface area contributed by atoms with Gasteiger partial charge in [0, 0.05) is 10.1 Å². The first-order chi connectivity index (χ1) is 9.93. The molecule has 21 heavy (non-hydrogen) atoms. The average Bonchev–Trinajstić information content (AvgIpc) is 2.45. The van der Waals surface area contributed by atoms with Gasteiger partial charge in [0.1, 0.15) is 6.04 Å². The summed E-state index contributed by atoms with van der Waals surface area (Å²) < 4.78 is 5.80. The van der Waals surface area contributed by atoms with E-state index in [1.165, 1.54) is 0 Å². The van der Waals surface area contributed by atoms with Crippen LogP contribution in [0.3, 0.4) is 0 Å². The van der Waals surface area contributed by atoms with Crippen LogP contribution in [0.2, 0.25) is 0 Å². The van der Waals surface area contributed by atoms with Crippen LogP contribution in [-0.4, -0.2) is 37.0 Å². The van der Waals surface area contributed by atoms with Gasteiger partial charge in [-0.2, -0.15) is 0 Å². The Labute approximate surface area is 136 Å². The Kier molecular flexibility index (Phi) is 7.13. The van der Waals surface area contributed by atoms with Gasteiger partial charge in [-0.15, -0.1) is 0 Å². The Balaban J connectivity index is 2.42. The zero-order chi connectivity index (χ0) is 15.8. The molecule has 1 atom stereocenters. The third-order valence-corrected chi connectivity index (χ3v) is 3.19. The minimum absolute atomic E-state index is 0.283. The van der Waals surface area contributed by atoms with E-state index in [-0.39, 0.29) is 5.91 Å². The molecule has 0 spiro atoms. The van der Waals surface area contributed by atoms with Gasteiger partial charge in [0.05, 0.1) is 5.56 Å². The van der Waals surface area contributed by atoms with Gasteiger partial charge in [-0.05, 0) is 54.6 Å². The second-order valence-corrected chi connectivity index (χ2v) is 5.52. The van der Waals surface area contributed by atoms with Gasteiger partial charge < -0.3 is 15.4 Å². The van der Waals surface area contributed by atoms with Crippen molar-refractivity contribution in [3.8, 4) is 0 Å². The standard InChI is InChI=1S/C14H17IN2O4/c1-3-16-13(19)9(2)17-12(18)8-21-14(20)10-5-4-6-11(15)7-10/h4-7,9H,3,8H2,1-2H3,(H,16,19)(H,17,18)/t9-/m0/s1. The van der Waals surface area contributed by atoms with Crippen LogP contribution in [0.5, 0.6) is 0 Å². The molecule has 1 aromatic carbocycles. The van der Waals surface area contributed by atoms with E-state index in [1.54, 1.807) is 32.0 Å². The van der Waals surface area contributed by atoms with E-state index in [0.29, 0.717) is 12.1 Å². The Morgan fingerprint density at radius 1 is 1.33 bits per heavy atom. The van der Waals surface area contributed by atoms with E-state index in [2.05, 4.69) is 33.2 Å². The number of benzene rings is 1. The van der Waals surface area contributed by atoms with Crippen LogP contribution < -0.4 is 10.6 Å². The largest absolute Gasteiger partial charge is 0.452 e. The second-order valence-electron chi connectivity index (χ2n) is 4.27. The van der Waals surface area contributed by atoms with Crippen molar-refractivity contribution in [3.05, 3.63) is 33.4 Å². The fraction of sp³-hybridized carbons (Fsp3) is 0.357. The SMILES string of the molecule is CCNC(=O)[C@H](C)NC(=O)COC(=O)c1cccc(I)c1. The van der Waals surface area contributed by atoms with Gasteiger partial charge in [-0.25, -0.2) is 4.79 Å². The minimum atomic E-state index is -0.672. The summed E-state index contributed by atoms with van der Waals surface area (Å²) in [7, 11) is 0. The molecule has 7 heteroatoms. The minimum Gasteiger partial charge on any atom is -0.452 e. The molecule has 0 unspecified atom stereocenters. The lowest BCUT2D eigenvalue weighted by Crippen LogP contribution is -2.46. The van der Waals surface area contributed by atoms with Gasteiger partial charge >= 0.3 is 5.97 Å². The molecule has 0 aliphatic rings. The monoisotopic (exact) mass is 404 g/mol. The zero-order valence-electron chi connectivity index (χ0n) is 11.8. The third kappa shape index (κ3) is 6.11. The Bertz CT molecular complexity index is 533. The highest BCUT2D eigenvalue weighted by Crippen LogP contribution is 2.08. The van der Waals surface area contributed by atoms with Gasteiger partial charge in [-0.1, -0.05) is 6.07 Å². The van der Waals surface area contributed by atoms with Crippen LogP contribution >= 0.6 is 22.6 Å². The summed E-state index contributed by atoms with van der Waals surface area (Å²) in [5.74, 6) is -1.38. The molecule has 0 heterocycles. The molecule has 0 aromatic heterocycles. The fourth-order valence-electron chi connectivity index (χ4n) is 1.51. The first-order valence-electron chi connectivity index (χ1n) is 6.43. The Morgan fingerprint density at radius 2 is 2.05 bits per heavy atom. The molecule has 2 amide bonds. The number of carbonyl (C=O) groups excluding carboxylic acids is 3. The van der Waals surface area contributed by atoms with Gasteiger partial charge in [0.2, 0.25) is 5.91 Å². The smallest absolute Gasteiger partial charge is 0.338 e. The number of esters is 1. The number of nitrogens with one attached hydrogen (secondary N) is 2. The highest BCUT2D eigenvalue weighted by Gasteiger charge is 2.16. The summed E-state index contributed by atoms with van der Waals surface area (Å²) in [5, 5.41) is 5.04. The molecule has 1 rings (SSSR count). The van der Waals surface area contributed by atoms with E-state index < -0.39 is 24.5 Å². The van der Waals surface area contributed by atoms with Crippen molar-refractivity contribution in [2.75, 3.05) is 13.2 Å². The molecule has 6 nitrogen and oxygen atoms in total. The quantitative estimate of drug-likeness (QED) is 0.549. The van der Waals surface area contributed by atoms with Crippen molar-refractivity contribution in [2.45, 2.75) is 19.9 Å². The summed E-state index contributed by atoms with van der Waals surface area (Å²) in [4.78, 5) is 34.8. The highest BCUT2D eigenvalue weighted by atomic mass is 127. The third-order valence-electron chi connectivity index (χ3n) is 2.52. The number of amides is 2. The summed E-state index contributed by atoms with van der Waals surface area (Å²) in [5.41, 5.74) is 0.381. The summed E-state index contributed by atoms with van der Waals surface area (Å²) >= 11 is 2.08. The Morgan fingerprint density at radius 3 is 2.67 bits per heavy atom. The lowest BCUT2D eigenvalue weighted by molar-refractivity contribution is -0.130. The second kappa shape index (κ2) is 8.60. The van der Waals surface area contributed by atoms with Crippen LogP contribution in [0, 0.1) is 3.57 Å². The van der Waals surface area contributed by atoms with Crippen molar-refractivity contribution in [2.24, 2.45) is 0 Å². The maximum Gasteiger partial charge on any atom is 0.338 e. The lowest BCUT2D eigenvalue weighted by Gasteiger charge is -2.13. The van der Waals surface area contributed by atoms with Crippen LogP contribution in [-0.2, 0) is 14.3 Å². The average molecular weight is 404 g/mol. The molecule has 0 aliphatic heterocycles. The van der Waals surface area contributed by atoms with E-state index in [0.717, 1.165) is 3.57 Å². The van der Waals surface area contributed by atoms with Crippen molar-refractivity contribution < 1.29 is 19.1 Å². The molecule has 1 aromatic rings. The molecule has 0 bridgehead atoms. The predicted molar refractivity (Wildman–Crippen MR) is 85.7 cm³/mol. The van der Waals surface area contributed by atoms with Gasteiger partial charge in [0.25, 0.3) is 5.91 Å². The predicted octanol–water partition coefficient (Wildman–Crippen LogP) is 1.09. The number of rotatable bonds is 6. The van der Waals surface area contributed by atoms with Crippen LogP contribution in [0.1, 0.15) is 24.2 Å². The van der Waals surface area contributed by atoms with E-state index in [1.807, 2.05) is 6.07 Å². The first kappa shape index (κ1) is 17.4. The van der Waals surface area contributed by atoms with Crippen LogP contribution in [0.15, 0.2) is 24.3 Å². The molecule has 0 radical (unpaired) electrons. The molecule has 0 saturated heterocycles. The van der Waals surface area contributed by atoms with E-state index in [9.17, 15) is 14.4 Å². The zero-order valence-corrected chi connectivity index (χ0v) is 14.0. The molecule has 0 fully saturated rings. The number of hydrogen-bond donors (Lipinski definition) is 2. The summed E-state index contributed by atoms with van der Waals surface area (Å²) in [6.45, 7) is 3.41. The molecule has 2 N–H and O–H groups in total. The molecule has 0 aliphatic carbocycles. The number of carbonyl (C=O) groups is 3. The van der Waals surface area contributed by atoms with Gasteiger partial charge in [0.15, 0.2) is 6.61 Å². The number of hydrogen-bond acceptors (Lipinski definition) is 4. The maximum atomic E-state index is 11.7. The Hall–Kier alpha value is -1.64. The van der Waals surface area contributed by atoms with Gasteiger partial charge in [-0.3, -0.25) is 9.59 Å². The topological polar surface area (TPSA) is 84.5 Å². The normalized spacial score (nSPS) is 11.4. The van der Waals surface area contributed by atoms with Crippen molar-refractivity contribution in [1.82, 2.24) is 10.6 Å². The molecule has 0 saturated carbocycles. The molecular formula is C14H17IN2O4. The van der Waals surface area contributed by atoms with Crippen molar-refractivity contribution in [3.63, 3.8) is 0 Å². The summed E-state index contributed by atoms with van der Waals surface area (Å²) in [6.07, 6.45) is 0. The van der Waals surface area contributed by atoms with Crippen LogP contribution in [0.4, 0.5) is 0 Å². The van der Waals surface area contributed by atoms with Crippen molar-refractivity contribution in [1.29, 1.82) is 0 Å².